The van der Waals surface area contributed by atoms with Crippen LogP contribution in [0.5, 0.6) is 0 Å². The van der Waals surface area contributed by atoms with Gasteiger partial charge in [0.15, 0.2) is 5.78 Å². The van der Waals surface area contributed by atoms with Crippen molar-refractivity contribution in [3.05, 3.63) is 23.3 Å². The highest BCUT2D eigenvalue weighted by atomic mass is 16.3. The Bertz CT molecular complexity index is 601. The van der Waals surface area contributed by atoms with Gasteiger partial charge in [-0.3, -0.25) is 4.79 Å². The van der Waals surface area contributed by atoms with Gasteiger partial charge in [0.05, 0.1) is 6.61 Å². The van der Waals surface area contributed by atoms with Gasteiger partial charge in [-0.05, 0) is 61.7 Å². The van der Waals surface area contributed by atoms with E-state index in [0.29, 0.717) is 11.3 Å². The molecule has 2 nitrogen and oxygen atoms in total. The van der Waals surface area contributed by atoms with E-state index in [1.165, 1.54) is 44.9 Å². The first-order valence-corrected chi connectivity index (χ1v) is 10.1. The number of aliphatic hydroxyl groups excluding tert-OH is 1. The largest absolute Gasteiger partial charge is 0.396 e. The van der Waals surface area contributed by atoms with Crippen LogP contribution in [0, 0.1) is 28.6 Å². The van der Waals surface area contributed by atoms with Crippen molar-refractivity contribution in [3.63, 3.8) is 0 Å². The Morgan fingerprint density at radius 1 is 1.12 bits per heavy atom. The molecule has 24 heavy (non-hydrogen) atoms. The molecule has 1 N–H and O–H groups in total. The zero-order valence-electron chi connectivity index (χ0n) is 15.3. The monoisotopic (exact) mass is 328 g/mol. The van der Waals surface area contributed by atoms with Crippen LogP contribution < -0.4 is 0 Å². The molecule has 0 amide bonds. The van der Waals surface area contributed by atoms with Gasteiger partial charge in [0.25, 0.3) is 0 Å². The summed E-state index contributed by atoms with van der Waals surface area (Å²) >= 11 is 0. The van der Waals surface area contributed by atoms with E-state index in [4.69, 9.17) is 5.11 Å². The molecule has 0 aromatic heterocycles. The van der Waals surface area contributed by atoms with Gasteiger partial charge in [0, 0.05) is 17.4 Å². The number of rotatable bonds is 3. The second kappa shape index (κ2) is 5.83. The summed E-state index contributed by atoms with van der Waals surface area (Å²) in [5.74, 6) is 2.58. The standard InChI is InChI=1S/C22H32O2/c1-21-12-4-3-5-15(21)6-7-16-17-8-9-19(20(24)11-14-23)22(17,2)13-10-18(16)21/h8-9,15-16,18,23H,3-7,10-14H2,1-2H3/t15?,16-,18-,21-,22-/m0/s1. The van der Waals surface area contributed by atoms with E-state index in [0.717, 1.165) is 23.8 Å². The fourth-order valence-corrected chi connectivity index (χ4v) is 6.93. The second-order valence-electron chi connectivity index (χ2n) is 9.21. The number of aliphatic hydroxyl groups is 1. The number of Topliss-reactive ketones (excluding diaryl/α,β-unsaturated/α-hetero) is 1. The summed E-state index contributed by atoms with van der Waals surface area (Å²) in [5.41, 5.74) is 3.00. The van der Waals surface area contributed by atoms with Crippen LogP contribution in [0.1, 0.15) is 71.6 Å². The number of carbonyl (C=O) groups is 1. The van der Waals surface area contributed by atoms with Gasteiger partial charge in [-0.25, -0.2) is 0 Å². The molecular formula is C22H32O2. The normalized spacial score (nSPS) is 44.0. The average Bonchev–Trinajstić information content (AvgIpc) is 2.92. The lowest BCUT2D eigenvalue weighted by Crippen LogP contribution is -2.50. The molecule has 4 rings (SSSR count). The van der Waals surface area contributed by atoms with E-state index in [2.05, 4.69) is 26.0 Å². The van der Waals surface area contributed by atoms with Gasteiger partial charge < -0.3 is 5.11 Å². The summed E-state index contributed by atoms with van der Waals surface area (Å²) in [6.07, 6.45) is 15.4. The summed E-state index contributed by atoms with van der Waals surface area (Å²) in [6.45, 7) is 4.84. The fraction of sp³-hybridized carbons (Fsp3) is 0.773. The molecule has 5 atom stereocenters. The van der Waals surface area contributed by atoms with E-state index in [1.807, 2.05) is 0 Å². The Morgan fingerprint density at radius 2 is 1.96 bits per heavy atom. The highest BCUT2D eigenvalue weighted by Gasteiger charge is 2.56. The minimum Gasteiger partial charge on any atom is -0.396 e. The smallest absolute Gasteiger partial charge is 0.162 e. The van der Waals surface area contributed by atoms with Crippen LogP contribution in [0.15, 0.2) is 23.3 Å². The molecule has 4 aliphatic rings. The van der Waals surface area contributed by atoms with E-state index < -0.39 is 0 Å². The van der Waals surface area contributed by atoms with Crippen LogP contribution in [0.3, 0.4) is 0 Å². The van der Waals surface area contributed by atoms with Gasteiger partial charge in [0.2, 0.25) is 0 Å². The highest BCUT2D eigenvalue weighted by Crippen LogP contribution is 2.65. The first kappa shape index (κ1) is 16.6. The second-order valence-corrected chi connectivity index (χ2v) is 9.21. The molecule has 2 heteroatoms. The summed E-state index contributed by atoms with van der Waals surface area (Å²) in [5, 5.41) is 9.16. The Kier molecular flexibility index (Phi) is 4.03. The molecule has 0 bridgehead atoms. The van der Waals surface area contributed by atoms with Crippen LogP contribution in [-0.2, 0) is 4.79 Å². The predicted octanol–water partition coefficient (Wildman–Crippen LogP) is 4.83. The van der Waals surface area contributed by atoms with Crippen LogP contribution in [0.25, 0.3) is 0 Å². The minimum absolute atomic E-state index is 0.0343. The Balaban J connectivity index is 1.61. The zero-order chi connectivity index (χ0) is 16.9. The van der Waals surface area contributed by atoms with E-state index in [9.17, 15) is 4.79 Å². The Hall–Kier alpha value is -0.890. The van der Waals surface area contributed by atoms with Crippen molar-refractivity contribution < 1.29 is 9.90 Å². The number of carbonyl (C=O) groups excluding carboxylic acids is 1. The van der Waals surface area contributed by atoms with Crippen LogP contribution >= 0.6 is 0 Å². The first-order valence-electron chi connectivity index (χ1n) is 10.1. The summed E-state index contributed by atoms with van der Waals surface area (Å²) in [7, 11) is 0. The maximum absolute atomic E-state index is 12.5. The molecule has 3 fully saturated rings. The molecule has 0 radical (unpaired) electrons. The molecule has 0 aromatic rings. The minimum atomic E-state index is -0.0503. The summed E-state index contributed by atoms with van der Waals surface area (Å²) < 4.78 is 0. The van der Waals surface area contributed by atoms with E-state index in [1.54, 1.807) is 5.57 Å². The third-order valence-electron chi connectivity index (χ3n) is 8.26. The quantitative estimate of drug-likeness (QED) is 0.806. The van der Waals surface area contributed by atoms with Crippen molar-refractivity contribution in [2.45, 2.75) is 71.6 Å². The third kappa shape index (κ3) is 2.21. The number of fused-ring (bicyclic) bond motifs is 5. The van der Waals surface area contributed by atoms with Gasteiger partial charge in [-0.15, -0.1) is 0 Å². The van der Waals surface area contributed by atoms with Crippen molar-refractivity contribution in [3.8, 4) is 0 Å². The van der Waals surface area contributed by atoms with Gasteiger partial charge in [-0.1, -0.05) is 44.4 Å². The van der Waals surface area contributed by atoms with Crippen molar-refractivity contribution >= 4 is 5.78 Å². The molecule has 4 aliphatic carbocycles. The first-order chi connectivity index (χ1) is 11.5. The number of hydrogen-bond donors (Lipinski definition) is 1. The molecule has 0 spiro atoms. The molecule has 3 saturated carbocycles. The predicted molar refractivity (Wildman–Crippen MR) is 96.5 cm³/mol. The lowest BCUT2D eigenvalue weighted by Gasteiger charge is -2.58. The molecule has 0 saturated heterocycles. The van der Waals surface area contributed by atoms with Gasteiger partial charge >= 0.3 is 0 Å². The van der Waals surface area contributed by atoms with Gasteiger partial charge in [0.1, 0.15) is 0 Å². The molecule has 0 aliphatic heterocycles. The number of allylic oxidation sites excluding steroid dienone is 4. The maximum atomic E-state index is 12.5. The number of ketones is 1. The Morgan fingerprint density at radius 3 is 2.75 bits per heavy atom. The van der Waals surface area contributed by atoms with Gasteiger partial charge in [-0.2, -0.15) is 0 Å². The van der Waals surface area contributed by atoms with Crippen molar-refractivity contribution in [2.24, 2.45) is 28.6 Å². The lowest BCUT2D eigenvalue weighted by atomic mass is 9.46. The lowest BCUT2D eigenvalue weighted by molar-refractivity contribution is -0.117. The maximum Gasteiger partial charge on any atom is 0.162 e. The van der Waals surface area contributed by atoms with Crippen LogP contribution in [-0.4, -0.2) is 17.5 Å². The highest BCUT2D eigenvalue weighted by molar-refractivity contribution is 5.98. The topological polar surface area (TPSA) is 37.3 Å². The average molecular weight is 328 g/mol. The fourth-order valence-electron chi connectivity index (χ4n) is 6.93. The van der Waals surface area contributed by atoms with Crippen LogP contribution in [0.4, 0.5) is 0 Å². The van der Waals surface area contributed by atoms with Crippen molar-refractivity contribution in [2.75, 3.05) is 6.61 Å². The zero-order valence-corrected chi connectivity index (χ0v) is 15.3. The molecular weight excluding hydrogens is 296 g/mol. The molecule has 1 unspecified atom stereocenters. The van der Waals surface area contributed by atoms with Crippen molar-refractivity contribution in [1.82, 2.24) is 0 Å². The molecule has 0 heterocycles. The van der Waals surface area contributed by atoms with Crippen LogP contribution in [0.2, 0.25) is 0 Å². The third-order valence-corrected chi connectivity index (χ3v) is 8.26. The SMILES string of the molecule is C[C@]12CC[C@H]3[C@@H](CCC4CCCC[C@@]43C)C1=CC=C2C(=O)CCO. The molecule has 132 valence electrons. The van der Waals surface area contributed by atoms with Crippen molar-refractivity contribution in [1.29, 1.82) is 0 Å². The van der Waals surface area contributed by atoms with E-state index >= 15 is 0 Å². The summed E-state index contributed by atoms with van der Waals surface area (Å²) in [6, 6.07) is 0. The summed E-state index contributed by atoms with van der Waals surface area (Å²) in [4.78, 5) is 12.5. The Labute approximate surface area is 146 Å². The van der Waals surface area contributed by atoms with E-state index in [-0.39, 0.29) is 24.2 Å². The molecule has 0 aromatic carbocycles. The number of hydrogen-bond acceptors (Lipinski definition) is 2.